The maximum atomic E-state index is 13.4. The Balaban J connectivity index is 1.62. The topological polar surface area (TPSA) is 83.8 Å². The Morgan fingerprint density at radius 3 is 2.74 bits per heavy atom. The highest BCUT2D eigenvalue weighted by Crippen LogP contribution is 2.27. The van der Waals surface area contributed by atoms with Gasteiger partial charge in [-0.3, -0.25) is 9.59 Å². The Morgan fingerprint density at radius 2 is 2.03 bits per heavy atom. The molecule has 1 fully saturated rings. The molecule has 1 saturated heterocycles. The number of carbonyl (C=O) groups is 2. The second kappa shape index (κ2) is 9.24. The molecule has 0 radical (unpaired) electrons. The highest BCUT2D eigenvalue weighted by atomic mass is 16.5. The molecule has 2 aliphatic heterocycles. The number of ether oxygens (including phenoxy) is 1. The zero-order valence-corrected chi connectivity index (χ0v) is 18.2. The molecule has 0 spiro atoms. The fourth-order valence-electron chi connectivity index (χ4n) is 4.73. The lowest BCUT2D eigenvalue weighted by atomic mass is 10.0. The van der Waals surface area contributed by atoms with E-state index >= 15 is 0 Å². The van der Waals surface area contributed by atoms with E-state index in [1.807, 2.05) is 41.8 Å². The number of benzene rings is 1. The summed E-state index contributed by atoms with van der Waals surface area (Å²) in [6.07, 6.45) is 1.85. The Bertz CT molecular complexity index is 938. The molecule has 1 aromatic heterocycles. The number of aliphatic hydroxyl groups excluding tert-OH is 1. The summed E-state index contributed by atoms with van der Waals surface area (Å²) in [7, 11) is 0. The Kier molecular flexibility index (Phi) is 6.43. The molecule has 0 saturated carbocycles. The van der Waals surface area contributed by atoms with Crippen molar-refractivity contribution in [3.05, 3.63) is 58.9 Å². The van der Waals surface area contributed by atoms with E-state index in [0.29, 0.717) is 37.6 Å². The van der Waals surface area contributed by atoms with Crippen LogP contribution in [0.1, 0.15) is 71.3 Å². The Labute approximate surface area is 183 Å². The number of hydrogen-bond acceptors (Lipinski definition) is 4. The van der Waals surface area contributed by atoms with Gasteiger partial charge in [0.2, 0.25) is 0 Å². The number of amides is 2. The van der Waals surface area contributed by atoms with Crippen LogP contribution in [0.2, 0.25) is 0 Å². The number of nitrogens with zero attached hydrogens (tertiary/aromatic N) is 2. The summed E-state index contributed by atoms with van der Waals surface area (Å²) in [5.74, 6) is -0.321. The standard InChI is InChI=1S/C24H31N3O4/c1-3-19(17-8-5-4-6-9-17)25-23(29)18-14-21(26-12-13-31-15-22(18)26)24(30)27-11-7-10-20(27)16(2)28/h4-6,8-9,14,16,19-20,28H,3,7,10-13,15H2,1-2H3,(H,25,29)/t16?,19-,20?/m1/s1. The molecule has 2 unspecified atom stereocenters. The largest absolute Gasteiger partial charge is 0.391 e. The highest BCUT2D eigenvalue weighted by molar-refractivity contribution is 6.01. The van der Waals surface area contributed by atoms with Gasteiger partial charge in [0.1, 0.15) is 5.69 Å². The van der Waals surface area contributed by atoms with E-state index in [9.17, 15) is 14.7 Å². The third kappa shape index (κ3) is 4.25. The Morgan fingerprint density at radius 1 is 1.26 bits per heavy atom. The fourth-order valence-corrected chi connectivity index (χ4v) is 4.73. The van der Waals surface area contributed by atoms with Crippen LogP contribution in [0, 0.1) is 0 Å². The fraction of sp³-hybridized carbons (Fsp3) is 0.500. The number of rotatable bonds is 6. The average Bonchev–Trinajstić information content (AvgIpc) is 3.43. The van der Waals surface area contributed by atoms with Crippen molar-refractivity contribution in [2.24, 2.45) is 0 Å². The van der Waals surface area contributed by atoms with Crippen LogP contribution in [-0.4, -0.2) is 51.7 Å². The van der Waals surface area contributed by atoms with Crippen LogP contribution in [0.15, 0.2) is 36.4 Å². The summed E-state index contributed by atoms with van der Waals surface area (Å²) in [6, 6.07) is 11.3. The van der Waals surface area contributed by atoms with E-state index in [1.165, 1.54) is 0 Å². The molecule has 0 bridgehead atoms. The molecule has 1 aromatic carbocycles. The summed E-state index contributed by atoms with van der Waals surface area (Å²) in [5.41, 5.74) is 2.78. The molecule has 31 heavy (non-hydrogen) atoms. The molecule has 3 heterocycles. The number of fused-ring (bicyclic) bond motifs is 1. The van der Waals surface area contributed by atoms with Gasteiger partial charge in [-0.1, -0.05) is 37.3 Å². The summed E-state index contributed by atoms with van der Waals surface area (Å²) in [4.78, 5) is 28.4. The smallest absolute Gasteiger partial charge is 0.270 e. The minimum Gasteiger partial charge on any atom is -0.391 e. The van der Waals surface area contributed by atoms with E-state index in [1.54, 1.807) is 17.9 Å². The highest BCUT2D eigenvalue weighted by Gasteiger charge is 2.35. The first-order chi connectivity index (χ1) is 15.0. The van der Waals surface area contributed by atoms with Gasteiger partial charge in [0.25, 0.3) is 11.8 Å². The maximum Gasteiger partial charge on any atom is 0.270 e. The molecular weight excluding hydrogens is 394 g/mol. The van der Waals surface area contributed by atoms with E-state index in [-0.39, 0.29) is 23.9 Å². The molecule has 7 nitrogen and oxygen atoms in total. The zero-order chi connectivity index (χ0) is 22.0. The molecule has 2 aliphatic rings. The van der Waals surface area contributed by atoms with Crippen LogP contribution < -0.4 is 5.32 Å². The van der Waals surface area contributed by atoms with Gasteiger partial charge in [0.15, 0.2) is 0 Å². The minimum atomic E-state index is -0.579. The SMILES string of the molecule is CC[C@@H](NC(=O)c1cc(C(=O)N2CCCC2C(C)O)n2c1COCC2)c1ccccc1. The number of carbonyl (C=O) groups excluding carboxylic acids is 2. The van der Waals surface area contributed by atoms with Crippen molar-refractivity contribution in [2.75, 3.05) is 13.2 Å². The van der Waals surface area contributed by atoms with Gasteiger partial charge in [0.05, 0.1) is 42.7 Å². The van der Waals surface area contributed by atoms with Crippen molar-refractivity contribution < 1.29 is 19.4 Å². The zero-order valence-electron chi connectivity index (χ0n) is 18.2. The van der Waals surface area contributed by atoms with Gasteiger partial charge < -0.3 is 24.6 Å². The molecule has 2 N–H and O–H groups in total. The third-order valence-electron chi connectivity index (χ3n) is 6.40. The molecule has 0 aliphatic carbocycles. The third-order valence-corrected chi connectivity index (χ3v) is 6.40. The van der Waals surface area contributed by atoms with Gasteiger partial charge in [-0.25, -0.2) is 0 Å². The number of aromatic nitrogens is 1. The monoisotopic (exact) mass is 425 g/mol. The van der Waals surface area contributed by atoms with E-state index in [2.05, 4.69) is 5.32 Å². The lowest BCUT2D eigenvalue weighted by molar-refractivity contribution is 0.0509. The summed E-state index contributed by atoms with van der Waals surface area (Å²) >= 11 is 0. The summed E-state index contributed by atoms with van der Waals surface area (Å²) in [6.45, 7) is 5.73. The molecule has 4 rings (SSSR count). The van der Waals surface area contributed by atoms with Gasteiger partial charge >= 0.3 is 0 Å². The van der Waals surface area contributed by atoms with Crippen molar-refractivity contribution in [2.45, 2.75) is 64.4 Å². The van der Waals surface area contributed by atoms with Gasteiger partial charge in [-0.15, -0.1) is 0 Å². The van der Waals surface area contributed by atoms with Crippen LogP contribution in [0.25, 0.3) is 0 Å². The normalized spacial score (nSPS) is 20.2. The van der Waals surface area contributed by atoms with Crippen molar-refractivity contribution in [3.8, 4) is 0 Å². The predicted octanol–water partition coefficient (Wildman–Crippen LogP) is 2.88. The van der Waals surface area contributed by atoms with Crippen LogP contribution in [0.4, 0.5) is 0 Å². The van der Waals surface area contributed by atoms with Crippen molar-refractivity contribution in [1.29, 1.82) is 0 Å². The minimum absolute atomic E-state index is 0.105. The summed E-state index contributed by atoms with van der Waals surface area (Å²) in [5, 5.41) is 13.2. The van der Waals surface area contributed by atoms with E-state index in [0.717, 1.165) is 30.5 Å². The number of hydrogen-bond donors (Lipinski definition) is 2. The van der Waals surface area contributed by atoms with Gasteiger partial charge in [-0.05, 0) is 37.8 Å². The predicted molar refractivity (Wildman–Crippen MR) is 117 cm³/mol. The van der Waals surface area contributed by atoms with Gasteiger partial charge in [0, 0.05) is 13.1 Å². The lowest BCUT2D eigenvalue weighted by Crippen LogP contribution is -2.42. The van der Waals surface area contributed by atoms with Crippen LogP contribution in [-0.2, 0) is 17.9 Å². The maximum absolute atomic E-state index is 13.4. The molecule has 3 atom stereocenters. The van der Waals surface area contributed by atoms with Gasteiger partial charge in [-0.2, -0.15) is 0 Å². The lowest BCUT2D eigenvalue weighted by Gasteiger charge is -2.28. The summed E-state index contributed by atoms with van der Waals surface area (Å²) < 4.78 is 7.53. The quantitative estimate of drug-likeness (QED) is 0.746. The molecule has 166 valence electrons. The first-order valence-electron chi connectivity index (χ1n) is 11.2. The average molecular weight is 426 g/mol. The Hall–Kier alpha value is -2.64. The first-order valence-corrected chi connectivity index (χ1v) is 11.2. The molecular formula is C24H31N3O4. The van der Waals surface area contributed by atoms with Crippen molar-refractivity contribution in [1.82, 2.24) is 14.8 Å². The molecule has 2 aromatic rings. The van der Waals surface area contributed by atoms with Crippen molar-refractivity contribution >= 4 is 11.8 Å². The van der Waals surface area contributed by atoms with Crippen LogP contribution in [0.3, 0.4) is 0 Å². The second-order valence-corrected chi connectivity index (χ2v) is 8.39. The molecule has 2 amide bonds. The van der Waals surface area contributed by atoms with Crippen LogP contribution >= 0.6 is 0 Å². The van der Waals surface area contributed by atoms with E-state index in [4.69, 9.17) is 4.74 Å². The number of nitrogens with one attached hydrogen (secondary N) is 1. The van der Waals surface area contributed by atoms with E-state index < -0.39 is 6.10 Å². The van der Waals surface area contributed by atoms with Crippen LogP contribution in [0.5, 0.6) is 0 Å². The first kappa shape index (κ1) is 21.6. The van der Waals surface area contributed by atoms with Crippen molar-refractivity contribution in [3.63, 3.8) is 0 Å². The number of aliphatic hydroxyl groups is 1. The second-order valence-electron chi connectivity index (χ2n) is 8.39. The number of likely N-dealkylation sites (tertiary alicyclic amines) is 1. The molecule has 7 heteroatoms.